The molecule has 2 aromatic rings. The highest BCUT2D eigenvalue weighted by Gasteiger charge is 2.06. The molecule has 0 aliphatic rings. The van der Waals surface area contributed by atoms with Gasteiger partial charge in [0.2, 0.25) is 0 Å². The van der Waals surface area contributed by atoms with Gasteiger partial charge in [0.05, 0.1) is 0 Å². The topological polar surface area (TPSA) is 62.8 Å². The van der Waals surface area contributed by atoms with Crippen molar-refractivity contribution in [3.05, 3.63) is 58.3 Å². The van der Waals surface area contributed by atoms with Gasteiger partial charge in [-0.15, -0.1) is 0 Å². The maximum Gasteiger partial charge on any atom is 0.251 e. The number of carbonyl (C=O) groups excluding carboxylic acids is 1. The number of hydrogen-bond donors (Lipinski definition) is 1. The van der Waals surface area contributed by atoms with Gasteiger partial charge in [-0.25, -0.2) is 9.37 Å². The third kappa shape index (κ3) is 4.31. The van der Waals surface area contributed by atoms with E-state index in [9.17, 15) is 14.0 Å². The highest BCUT2D eigenvalue weighted by molar-refractivity contribution is 7.99. The maximum absolute atomic E-state index is 12.7. The van der Waals surface area contributed by atoms with Crippen molar-refractivity contribution < 1.29 is 9.18 Å². The zero-order valence-corrected chi connectivity index (χ0v) is 11.5. The lowest BCUT2D eigenvalue weighted by Crippen LogP contribution is -2.05. The van der Waals surface area contributed by atoms with Gasteiger partial charge in [0.25, 0.3) is 5.56 Å². The first kappa shape index (κ1) is 14.5. The summed E-state index contributed by atoms with van der Waals surface area (Å²) in [5.41, 5.74) is 0.326. The second-order valence-electron chi connectivity index (χ2n) is 4.12. The third-order valence-corrected chi connectivity index (χ3v) is 3.57. The minimum absolute atomic E-state index is 0.0138. The Morgan fingerprint density at radius 3 is 2.70 bits per heavy atom. The van der Waals surface area contributed by atoms with Crippen LogP contribution in [0.2, 0.25) is 0 Å². The van der Waals surface area contributed by atoms with Crippen LogP contribution in [0.4, 0.5) is 4.39 Å². The summed E-state index contributed by atoms with van der Waals surface area (Å²) >= 11 is 1.40. The molecule has 0 atom stereocenters. The number of halogens is 1. The van der Waals surface area contributed by atoms with E-state index in [-0.39, 0.29) is 17.2 Å². The van der Waals surface area contributed by atoms with Crippen molar-refractivity contribution in [1.82, 2.24) is 9.97 Å². The molecule has 0 aliphatic heterocycles. The number of ketones is 1. The van der Waals surface area contributed by atoms with Crippen LogP contribution in [0, 0.1) is 5.82 Å². The monoisotopic (exact) mass is 292 g/mol. The van der Waals surface area contributed by atoms with E-state index in [1.54, 1.807) is 0 Å². The predicted octanol–water partition coefficient (Wildman–Crippen LogP) is 2.66. The molecule has 4 nitrogen and oxygen atoms in total. The van der Waals surface area contributed by atoms with Crippen LogP contribution in [0.15, 0.2) is 46.5 Å². The summed E-state index contributed by atoms with van der Waals surface area (Å²) in [5, 5.41) is 0.548. The Balaban J connectivity index is 1.77. The Bertz CT molecular complexity index is 640. The van der Waals surface area contributed by atoms with Crippen molar-refractivity contribution >= 4 is 17.5 Å². The number of carbonyl (C=O) groups is 1. The molecule has 0 radical (unpaired) electrons. The fraction of sp³-hybridized carbons (Fsp3) is 0.214. The molecule has 0 amide bonds. The number of Topliss-reactive ketones (excluding diaryl/α,β-unsaturated/α-hetero) is 1. The second kappa shape index (κ2) is 7.00. The van der Waals surface area contributed by atoms with Crippen LogP contribution in [0.5, 0.6) is 0 Å². The van der Waals surface area contributed by atoms with Crippen molar-refractivity contribution in [2.24, 2.45) is 0 Å². The van der Waals surface area contributed by atoms with Gasteiger partial charge >= 0.3 is 0 Å². The van der Waals surface area contributed by atoms with Crippen molar-refractivity contribution in [3.8, 4) is 0 Å². The molecule has 1 heterocycles. The molecule has 0 aliphatic carbocycles. The normalized spacial score (nSPS) is 10.4. The van der Waals surface area contributed by atoms with E-state index in [0.29, 0.717) is 29.3 Å². The molecule has 1 aromatic carbocycles. The van der Waals surface area contributed by atoms with E-state index in [0.717, 1.165) is 0 Å². The van der Waals surface area contributed by atoms with Gasteiger partial charge < -0.3 is 4.98 Å². The summed E-state index contributed by atoms with van der Waals surface area (Å²) in [6.45, 7) is 0. The van der Waals surface area contributed by atoms with Gasteiger partial charge in [-0.2, -0.15) is 0 Å². The average Bonchev–Trinajstić information content (AvgIpc) is 2.44. The molecule has 2 rings (SSSR count). The summed E-state index contributed by atoms with van der Waals surface area (Å²) in [4.78, 5) is 29.5. The molecule has 6 heteroatoms. The second-order valence-corrected chi connectivity index (χ2v) is 5.20. The number of aromatic nitrogens is 2. The zero-order valence-electron chi connectivity index (χ0n) is 10.6. The first-order chi connectivity index (χ1) is 9.65. The number of H-pyrrole nitrogens is 1. The van der Waals surface area contributed by atoms with Gasteiger partial charge in [0, 0.05) is 30.0 Å². The highest BCUT2D eigenvalue weighted by Crippen LogP contribution is 2.14. The van der Waals surface area contributed by atoms with E-state index in [1.165, 1.54) is 48.3 Å². The van der Waals surface area contributed by atoms with Crippen LogP contribution < -0.4 is 5.56 Å². The average molecular weight is 292 g/mol. The fourth-order valence-corrected chi connectivity index (χ4v) is 2.40. The quantitative estimate of drug-likeness (QED) is 0.385. The Morgan fingerprint density at radius 2 is 2.00 bits per heavy atom. The molecule has 0 bridgehead atoms. The van der Waals surface area contributed by atoms with E-state index in [2.05, 4.69) is 9.97 Å². The van der Waals surface area contributed by atoms with Gasteiger partial charge in [-0.05, 0) is 30.7 Å². The molecule has 0 fully saturated rings. The SMILES string of the molecule is O=C(CCCSc1nccc(=O)[nH]1)c1ccc(F)cc1. The fourth-order valence-electron chi connectivity index (χ4n) is 1.61. The number of nitrogens with one attached hydrogen (secondary N) is 1. The molecule has 1 N–H and O–H groups in total. The summed E-state index contributed by atoms with van der Waals surface area (Å²) in [6, 6.07) is 6.88. The van der Waals surface area contributed by atoms with Crippen LogP contribution in [0.1, 0.15) is 23.2 Å². The van der Waals surface area contributed by atoms with Gasteiger partial charge in [0.15, 0.2) is 10.9 Å². The van der Waals surface area contributed by atoms with Gasteiger partial charge in [0.1, 0.15) is 5.82 Å². The van der Waals surface area contributed by atoms with E-state index in [1.807, 2.05) is 0 Å². The molecule has 0 saturated carbocycles. The van der Waals surface area contributed by atoms with Crippen molar-refractivity contribution in [2.75, 3.05) is 5.75 Å². The summed E-state index contributed by atoms with van der Waals surface area (Å²) in [5.74, 6) is 0.316. The number of benzene rings is 1. The van der Waals surface area contributed by atoms with Crippen LogP contribution >= 0.6 is 11.8 Å². The Morgan fingerprint density at radius 1 is 1.25 bits per heavy atom. The van der Waals surface area contributed by atoms with Gasteiger partial charge in [-0.1, -0.05) is 11.8 Å². The lowest BCUT2D eigenvalue weighted by molar-refractivity contribution is 0.0982. The van der Waals surface area contributed by atoms with E-state index in [4.69, 9.17) is 0 Å². The minimum Gasteiger partial charge on any atom is -0.301 e. The summed E-state index contributed by atoms with van der Waals surface area (Å²) in [7, 11) is 0. The Hall–Kier alpha value is -1.95. The zero-order chi connectivity index (χ0) is 14.4. The lowest BCUT2D eigenvalue weighted by atomic mass is 10.1. The highest BCUT2D eigenvalue weighted by atomic mass is 32.2. The minimum atomic E-state index is -0.351. The van der Waals surface area contributed by atoms with Crippen molar-refractivity contribution in [3.63, 3.8) is 0 Å². The predicted molar refractivity (Wildman–Crippen MR) is 75.5 cm³/mol. The van der Waals surface area contributed by atoms with E-state index >= 15 is 0 Å². The first-order valence-corrected chi connectivity index (χ1v) is 7.10. The molecule has 104 valence electrons. The molecule has 0 unspecified atom stereocenters. The molecular weight excluding hydrogens is 279 g/mol. The van der Waals surface area contributed by atoms with Gasteiger partial charge in [-0.3, -0.25) is 9.59 Å². The number of rotatable bonds is 6. The largest absolute Gasteiger partial charge is 0.301 e. The molecule has 20 heavy (non-hydrogen) atoms. The Kier molecular flexibility index (Phi) is 5.06. The number of aromatic amines is 1. The smallest absolute Gasteiger partial charge is 0.251 e. The van der Waals surface area contributed by atoms with Crippen LogP contribution in [0.25, 0.3) is 0 Å². The summed E-state index contributed by atoms with van der Waals surface area (Å²) < 4.78 is 12.7. The number of thioether (sulfide) groups is 1. The van der Waals surface area contributed by atoms with Crippen LogP contribution in [0.3, 0.4) is 0 Å². The summed E-state index contributed by atoms with van der Waals surface area (Å²) in [6.07, 6.45) is 2.50. The molecule has 1 aromatic heterocycles. The standard InChI is InChI=1S/C14H13FN2O2S/c15-11-5-3-10(4-6-11)12(18)2-1-9-20-14-16-8-7-13(19)17-14/h3-8H,1-2,9H2,(H,16,17,19). The number of nitrogens with zero attached hydrogens (tertiary/aromatic N) is 1. The lowest BCUT2D eigenvalue weighted by Gasteiger charge is -2.01. The van der Waals surface area contributed by atoms with Crippen LogP contribution in [-0.4, -0.2) is 21.5 Å². The molecule has 0 saturated heterocycles. The van der Waals surface area contributed by atoms with Crippen LogP contribution in [-0.2, 0) is 0 Å². The molecular formula is C14H13FN2O2S. The molecule has 0 spiro atoms. The maximum atomic E-state index is 12.7. The first-order valence-electron chi connectivity index (χ1n) is 6.12. The van der Waals surface area contributed by atoms with Crippen molar-refractivity contribution in [1.29, 1.82) is 0 Å². The van der Waals surface area contributed by atoms with Crippen molar-refractivity contribution in [2.45, 2.75) is 18.0 Å². The van der Waals surface area contributed by atoms with E-state index < -0.39 is 0 Å². The Labute approximate surface area is 119 Å². The number of hydrogen-bond acceptors (Lipinski definition) is 4. The third-order valence-electron chi connectivity index (χ3n) is 2.60.